The molecule has 2 aromatic rings. The molecule has 1 aromatic carbocycles. The van der Waals surface area contributed by atoms with E-state index in [1.54, 1.807) is 0 Å². The first kappa shape index (κ1) is 19.4. The average molecular weight is 341 g/mol. The van der Waals surface area contributed by atoms with Crippen LogP contribution in [0, 0.1) is 0 Å². The normalized spacial score (nSPS) is 10.5. The van der Waals surface area contributed by atoms with E-state index in [-0.39, 0.29) is 18.3 Å². The monoisotopic (exact) mass is 340 g/mol. The molecule has 6 nitrogen and oxygen atoms in total. The minimum atomic E-state index is -0.0492. The first-order valence-corrected chi connectivity index (χ1v) is 7.79. The van der Waals surface area contributed by atoms with Crippen LogP contribution in [0.25, 0.3) is 11.0 Å². The van der Waals surface area contributed by atoms with Crippen molar-refractivity contribution in [3.63, 3.8) is 0 Å². The Morgan fingerprint density at radius 2 is 2.13 bits per heavy atom. The van der Waals surface area contributed by atoms with Gasteiger partial charge in [0.2, 0.25) is 11.9 Å². The van der Waals surface area contributed by atoms with Crippen LogP contribution in [0.3, 0.4) is 0 Å². The molecule has 0 spiro atoms. The van der Waals surface area contributed by atoms with Gasteiger partial charge in [0.05, 0.1) is 11.0 Å². The number of nitrogens with two attached hydrogens (primary N) is 1. The number of fused-ring (bicyclic) bond motifs is 1. The molecule has 2 rings (SSSR count). The van der Waals surface area contributed by atoms with Crippen molar-refractivity contribution >= 4 is 35.3 Å². The molecule has 0 saturated carbocycles. The van der Waals surface area contributed by atoms with Crippen molar-refractivity contribution in [1.82, 2.24) is 9.55 Å². The highest BCUT2D eigenvalue weighted by Crippen LogP contribution is 2.20. The number of nitrogens with zero attached hydrogens (tertiary/aromatic N) is 2. The zero-order chi connectivity index (χ0) is 15.8. The Hall–Kier alpha value is -1.63. The fraction of sp³-hybridized carbons (Fsp3) is 0.500. The summed E-state index contributed by atoms with van der Waals surface area (Å²) in [4.78, 5) is 16.5. The molecule has 0 saturated heterocycles. The average Bonchev–Trinajstić information content (AvgIpc) is 2.87. The second-order valence-electron chi connectivity index (χ2n) is 5.07. The summed E-state index contributed by atoms with van der Waals surface area (Å²) >= 11 is 0. The van der Waals surface area contributed by atoms with Gasteiger partial charge >= 0.3 is 0 Å². The smallest absolute Gasteiger partial charge is 0.226 e. The van der Waals surface area contributed by atoms with Crippen LogP contribution in [-0.2, 0) is 16.1 Å². The highest BCUT2D eigenvalue weighted by molar-refractivity contribution is 5.91. The molecule has 7 heteroatoms. The van der Waals surface area contributed by atoms with Gasteiger partial charge in [0.1, 0.15) is 0 Å². The van der Waals surface area contributed by atoms with Crippen molar-refractivity contribution in [2.45, 2.75) is 32.7 Å². The fourth-order valence-corrected chi connectivity index (χ4v) is 2.32. The van der Waals surface area contributed by atoms with Gasteiger partial charge < -0.3 is 15.0 Å². The first-order chi connectivity index (χ1) is 10.8. The van der Waals surface area contributed by atoms with Gasteiger partial charge in [-0.1, -0.05) is 12.1 Å². The Morgan fingerprint density at radius 1 is 1.35 bits per heavy atom. The molecule has 23 heavy (non-hydrogen) atoms. The number of nitrogens with one attached hydrogen (secondary N) is 1. The van der Waals surface area contributed by atoms with E-state index in [0.717, 1.165) is 24.0 Å². The minimum absolute atomic E-state index is 0. The van der Waals surface area contributed by atoms with Crippen LogP contribution in [0.4, 0.5) is 5.95 Å². The van der Waals surface area contributed by atoms with E-state index in [0.29, 0.717) is 38.5 Å². The van der Waals surface area contributed by atoms with Gasteiger partial charge in [0.15, 0.2) is 0 Å². The lowest BCUT2D eigenvalue weighted by atomic mass is 10.3. The van der Waals surface area contributed by atoms with Crippen molar-refractivity contribution in [2.24, 2.45) is 5.73 Å². The van der Waals surface area contributed by atoms with Crippen LogP contribution in [0.2, 0.25) is 0 Å². The van der Waals surface area contributed by atoms with Gasteiger partial charge in [-0.25, -0.2) is 4.98 Å². The standard InChI is InChI=1S/C16H24N4O2.ClH/c1-2-22-12-6-11-20-14-8-4-3-7-13(14)18-16(20)19-15(21)9-5-10-17;/h3-4,7-8H,2,5-6,9-12,17H2,1H3,(H,18,19,21);1H. The molecule has 0 atom stereocenters. The predicted octanol–water partition coefficient (Wildman–Crippen LogP) is 2.56. The number of para-hydroxylation sites is 2. The highest BCUT2D eigenvalue weighted by Gasteiger charge is 2.12. The van der Waals surface area contributed by atoms with E-state index < -0.39 is 0 Å². The quantitative estimate of drug-likeness (QED) is 0.687. The van der Waals surface area contributed by atoms with E-state index in [1.165, 1.54) is 0 Å². The fourth-order valence-electron chi connectivity index (χ4n) is 2.32. The molecular formula is C16H25ClN4O2. The van der Waals surface area contributed by atoms with Crippen molar-refractivity contribution in [2.75, 3.05) is 25.1 Å². The van der Waals surface area contributed by atoms with Crippen molar-refractivity contribution in [3.8, 4) is 0 Å². The van der Waals surface area contributed by atoms with E-state index in [4.69, 9.17) is 10.5 Å². The summed E-state index contributed by atoms with van der Waals surface area (Å²) in [6.07, 6.45) is 1.97. The molecule has 1 aromatic heterocycles. The molecular weight excluding hydrogens is 316 g/mol. The van der Waals surface area contributed by atoms with Crippen molar-refractivity contribution in [1.29, 1.82) is 0 Å². The molecule has 1 amide bonds. The van der Waals surface area contributed by atoms with Gasteiger partial charge in [0.25, 0.3) is 0 Å². The molecule has 0 fully saturated rings. The third-order valence-corrected chi connectivity index (χ3v) is 3.39. The topological polar surface area (TPSA) is 82.2 Å². The maximum atomic E-state index is 11.9. The largest absolute Gasteiger partial charge is 0.382 e. The third-order valence-electron chi connectivity index (χ3n) is 3.39. The summed E-state index contributed by atoms with van der Waals surface area (Å²) in [6.45, 7) is 4.66. The summed E-state index contributed by atoms with van der Waals surface area (Å²) in [5.74, 6) is 0.548. The summed E-state index contributed by atoms with van der Waals surface area (Å²) in [6, 6.07) is 7.88. The summed E-state index contributed by atoms with van der Waals surface area (Å²) in [7, 11) is 0. The number of aryl methyl sites for hydroxylation is 1. The number of aromatic nitrogens is 2. The number of imidazole rings is 1. The zero-order valence-electron chi connectivity index (χ0n) is 13.5. The molecule has 0 radical (unpaired) electrons. The SMILES string of the molecule is CCOCCCn1c(NC(=O)CCCN)nc2ccccc21.Cl. The Bertz CT molecular complexity index is 615. The molecule has 0 bridgehead atoms. The molecule has 1 heterocycles. The summed E-state index contributed by atoms with van der Waals surface area (Å²) in [5, 5.41) is 2.89. The van der Waals surface area contributed by atoms with Gasteiger partial charge in [-0.05, 0) is 38.4 Å². The highest BCUT2D eigenvalue weighted by atomic mass is 35.5. The van der Waals surface area contributed by atoms with E-state index in [2.05, 4.69) is 10.3 Å². The minimum Gasteiger partial charge on any atom is -0.382 e. The van der Waals surface area contributed by atoms with Crippen LogP contribution < -0.4 is 11.1 Å². The van der Waals surface area contributed by atoms with Crippen molar-refractivity contribution in [3.05, 3.63) is 24.3 Å². The number of benzene rings is 1. The maximum Gasteiger partial charge on any atom is 0.226 e. The summed E-state index contributed by atoms with van der Waals surface area (Å²) < 4.78 is 7.42. The second kappa shape index (κ2) is 10.2. The van der Waals surface area contributed by atoms with Crippen LogP contribution in [0.5, 0.6) is 0 Å². The van der Waals surface area contributed by atoms with Crippen LogP contribution in [-0.4, -0.2) is 35.2 Å². The molecule has 0 unspecified atom stereocenters. The Balaban J connectivity index is 0.00000264. The van der Waals surface area contributed by atoms with Gasteiger partial charge in [-0.2, -0.15) is 0 Å². The van der Waals surface area contributed by atoms with Gasteiger partial charge in [0, 0.05) is 26.2 Å². The molecule has 128 valence electrons. The van der Waals surface area contributed by atoms with E-state index in [9.17, 15) is 4.79 Å². The maximum absolute atomic E-state index is 11.9. The number of hydrogen-bond acceptors (Lipinski definition) is 4. The second-order valence-corrected chi connectivity index (χ2v) is 5.07. The number of amides is 1. The number of rotatable bonds is 9. The van der Waals surface area contributed by atoms with Gasteiger partial charge in [-0.3, -0.25) is 10.1 Å². The van der Waals surface area contributed by atoms with Crippen LogP contribution in [0.1, 0.15) is 26.2 Å². The Kier molecular flexibility index (Phi) is 8.61. The number of carbonyl (C=O) groups excluding carboxylic acids is 1. The number of halogens is 1. The van der Waals surface area contributed by atoms with Gasteiger partial charge in [-0.15, -0.1) is 12.4 Å². The number of hydrogen-bond donors (Lipinski definition) is 2. The third kappa shape index (κ3) is 5.49. The number of carbonyl (C=O) groups is 1. The van der Waals surface area contributed by atoms with Crippen LogP contribution in [0.15, 0.2) is 24.3 Å². The molecule has 0 aliphatic rings. The first-order valence-electron chi connectivity index (χ1n) is 7.79. The van der Waals surface area contributed by atoms with E-state index in [1.807, 2.05) is 35.8 Å². The number of ether oxygens (including phenoxy) is 1. The molecule has 3 N–H and O–H groups in total. The van der Waals surface area contributed by atoms with E-state index >= 15 is 0 Å². The van der Waals surface area contributed by atoms with Crippen molar-refractivity contribution < 1.29 is 9.53 Å². The Labute approximate surface area is 142 Å². The lowest BCUT2D eigenvalue weighted by molar-refractivity contribution is -0.116. The predicted molar refractivity (Wildman–Crippen MR) is 95.0 cm³/mol. The number of anilines is 1. The lowest BCUT2D eigenvalue weighted by Crippen LogP contribution is -2.17. The molecule has 0 aliphatic carbocycles. The zero-order valence-corrected chi connectivity index (χ0v) is 14.3. The Morgan fingerprint density at radius 3 is 2.87 bits per heavy atom. The molecule has 0 aliphatic heterocycles. The summed E-state index contributed by atoms with van der Waals surface area (Å²) in [5.41, 5.74) is 7.34. The van der Waals surface area contributed by atoms with Crippen LogP contribution >= 0.6 is 12.4 Å². The lowest BCUT2D eigenvalue weighted by Gasteiger charge is -2.10.